The smallest absolute Gasteiger partial charge is 0.0159 e. The molecule has 6 rings (SSSR count). The van der Waals surface area contributed by atoms with Crippen molar-refractivity contribution in [3.05, 3.63) is 107 Å². The molecule has 134 valence electrons. The van der Waals surface area contributed by atoms with Gasteiger partial charge in [-0.1, -0.05) is 86.6 Å². The fourth-order valence-corrected chi connectivity index (χ4v) is 5.19. The first-order valence-electron chi connectivity index (χ1n) is 10.1. The van der Waals surface area contributed by atoms with Crippen molar-refractivity contribution in [3.8, 4) is 33.4 Å². The monoisotopic (exact) mass is 358 g/mol. The van der Waals surface area contributed by atoms with E-state index in [0.29, 0.717) is 0 Å². The zero-order valence-corrected chi connectivity index (χ0v) is 16.3. The Morgan fingerprint density at radius 1 is 0.536 bits per heavy atom. The standard InChI is InChI=1S/C28H22/c1-28(2)26-10-6-5-9-23(26)24-14-13-19(17-27(24)28)18-11-12-21-15-20-7-3-4-8-22(20)25(21)16-18/h3-14,16-17H,15H2,1-2H3. The van der Waals surface area contributed by atoms with Crippen LogP contribution in [0.4, 0.5) is 0 Å². The van der Waals surface area contributed by atoms with Gasteiger partial charge in [0.2, 0.25) is 0 Å². The van der Waals surface area contributed by atoms with Crippen LogP contribution in [0.2, 0.25) is 0 Å². The highest BCUT2D eigenvalue weighted by Gasteiger charge is 2.35. The fraction of sp³-hybridized carbons (Fsp3) is 0.143. The minimum Gasteiger partial charge on any atom is -0.0619 e. The van der Waals surface area contributed by atoms with Gasteiger partial charge in [0.05, 0.1) is 0 Å². The van der Waals surface area contributed by atoms with E-state index in [4.69, 9.17) is 0 Å². The zero-order chi connectivity index (χ0) is 18.9. The number of hydrogen-bond acceptors (Lipinski definition) is 0. The molecule has 0 N–H and O–H groups in total. The predicted octanol–water partition coefficient (Wildman–Crippen LogP) is 7.23. The highest BCUT2D eigenvalue weighted by atomic mass is 14.4. The quantitative estimate of drug-likeness (QED) is 0.296. The normalized spacial score (nSPS) is 14.9. The van der Waals surface area contributed by atoms with Crippen LogP contribution in [-0.4, -0.2) is 0 Å². The molecule has 0 saturated heterocycles. The lowest BCUT2D eigenvalue weighted by Gasteiger charge is -2.22. The molecule has 0 bridgehead atoms. The van der Waals surface area contributed by atoms with E-state index in [1.165, 1.54) is 55.6 Å². The molecule has 0 amide bonds. The molecule has 0 radical (unpaired) electrons. The summed E-state index contributed by atoms with van der Waals surface area (Å²) in [5, 5.41) is 0. The summed E-state index contributed by atoms with van der Waals surface area (Å²) in [5.74, 6) is 0. The minimum absolute atomic E-state index is 0.0469. The second kappa shape index (κ2) is 5.45. The van der Waals surface area contributed by atoms with Gasteiger partial charge in [0.15, 0.2) is 0 Å². The van der Waals surface area contributed by atoms with Gasteiger partial charge in [-0.2, -0.15) is 0 Å². The molecule has 2 aliphatic rings. The predicted molar refractivity (Wildman–Crippen MR) is 118 cm³/mol. The fourth-order valence-electron chi connectivity index (χ4n) is 5.19. The van der Waals surface area contributed by atoms with Crippen molar-refractivity contribution in [3.63, 3.8) is 0 Å². The van der Waals surface area contributed by atoms with Gasteiger partial charge >= 0.3 is 0 Å². The zero-order valence-electron chi connectivity index (χ0n) is 16.3. The van der Waals surface area contributed by atoms with Gasteiger partial charge in [-0.15, -0.1) is 0 Å². The molecule has 2 aliphatic carbocycles. The van der Waals surface area contributed by atoms with E-state index in [1.54, 1.807) is 0 Å². The maximum absolute atomic E-state index is 2.41. The first-order chi connectivity index (χ1) is 13.6. The Kier molecular flexibility index (Phi) is 3.09. The van der Waals surface area contributed by atoms with Crippen LogP contribution in [0.15, 0.2) is 84.9 Å². The van der Waals surface area contributed by atoms with Crippen molar-refractivity contribution < 1.29 is 0 Å². The van der Waals surface area contributed by atoms with Crippen LogP contribution in [-0.2, 0) is 11.8 Å². The number of benzene rings is 4. The van der Waals surface area contributed by atoms with Gasteiger partial charge in [0.1, 0.15) is 0 Å². The van der Waals surface area contributed by atoms with Crippen molar-refractivity contribution in [2.45, 2.75) is 25.7 Å². The summed E-state index contributed by atoms with van der Waals surface area (Å²) in [6.07, 6.45) is 1.05. The number of hydrogen-bond donors (Lipinski definition) is 0. The average Bonchev–Trinajstić information content (AvgIpc) is 3.21. The van der Waals surface area contributed by atoms with Gasteiger partial charge in [0, 0.05) is 5.41 Å². The Bertz CT molecular complexity index is 1260. The van der Waals surface area contributed by atoms with Gasteiger partial charge in [0.25, 0.3) is 0 Å². The molecule has 0 unspecified atom stereocenters. The van der Waals surface area contributed by atoms with Crippen molar-refractivity contribution in [2.75, 3.05) is 0 Å². The molecule has 0 nitrogen and oxygen atoms in total. The van der Waals surface area contributed by atoms with E-state index in [2.05, 4.69) is 98.8 Å². The summed E-state index contributed by atoms with van der Waals surface area (Å²) < 4.78 is 0. The van der Waals surface area contributed by atoms with Crippen molar-refractivity contribution in [2.24, 2.45) is 0 Å². The molecule has 0 aromatic heterocycles. The molecular weight excluding hydrogens is 336 g/mol. The molecule has 0 fully saturated rings. The second-order valence-corrected chi connectivity index (χ2v) is 8.64. The number of rotatable bonds is 1. The van der Waals surface area contributed by atoms with Crippen LogP contribution in [0.3, 0.4) is 0 Å². The van der Waals surface area contributed by atoms with Crippen LogP contribution >= 0.6 is 0 Å². The maximum Gasteiger partial charge on any atom is 0.0159 e. The van der Waals surface area contributed by atoms with E-state index in [9.17, 15) is 0 Å². The summed E-state index contributed by atoms with van der Waals surface area (Å²) in [5.41, 5.74) is 14.0. The van der Waals surface area contributed by atoms with Gasteiger partial charge in [-0.3, -0.25) is 0 Å². The molecular formula is C28H22. The lowest BCUT2D eigenvalue weighted by Crippen LogP contribution is -2.14. The lowest BCUT2D eigenvalue weighted by atomic mass is 9.81. The Balaban J connectivity index is 1.50. The minimum atomic E-state index is 0.0469. The SMILES string of the molecule is CC1(C)c2ccccc2-c2ccc(-c3ccc4c(c3)-c3ccccc3C4)cc21. The molecule has 0 aliphatic heterocycles. The molecule has 0 saturated carbocycles. The van der Waals surface area contributed by atoms with Crippen molar-refractivity contribution in [1.82, 2.24) is 0 Å². The van der Waals surface area contributed by atoms with Crippen molar-refractivity contribution >= 4 is 0 Å². The van der Waals surface area contributed by atoms with E-state index in [0.717, 1.165) is 6.42 Å². The first kappa shape index (κ1) is 15.9. The number of fused-ring (bicyclic) bond motifs is 6. The Labute approximate surface area is 166 Å². The summed E-state index contributed by atoms with van der Waals surface area (Å²) in [6, 6.07) is 31.7. The summed E-state index contributed by atoms with van der Waals surface area (Å²) >= 11 is 0. The van der Waals surface area contributed by atoms with Gasteiger partial charge < -0.3 is 0 Å². The van der Waals surface area contributed by atoms with E-state index in [1.807, 2.05) is 0 Å². The third-order valence-electron chi connectivity index (χ3n) is 6.72. The largest absolute Gasteiger partial charge is 0.0619 e. The van der Waals surface area contributed by atoms with Crippen LogP contribution in [0, 0.1) is 0 Å². The molecule has 4 aromatic carbocycles. The molecule has 0 atom stereocenters. The average molecular weight is 358 g/mol. The Morgan fingerprint density at radius 3 is 2.07 bits per heavy atom. The molecule has 0 heterocycles. The van der Waals surface area contributed by atoms with E-state index in [-0.39, 0.29) is 5.41 Å². The maximum atomic E-state index is 2.41. The molecule has 28 heavy (non-hydrogen) atoms. The summed E-state index contributed by atoms with van der Waals surface area (Å²) in [7, 11) is 0. The van der Waals surface area contributed by atoms with Gasteiger partial charge in [-0.05, 0) is 74.2 Å². The first-order valence-corrected chi connectivity index (χ1v) is 10.1. The third-order valence-corrected chi connectivity index (χ3v) is 6.72. The Morgan fingerprint density at radius 2 is 1.18 bits per heavy atom. The van der Waals surface area contributed by atoms with E-state index >= 15 is 0 Å². The van der Waals surface area contributed by atoms with Crippen LogP contribution in [0.5, 0.6) is 0 Å². The topological polar surface area (TPSA) is 0 Å². The summed E-state index contributed by atoms with van der Waals surface area (Å²) in [6.45, 7) is 4.70. The highest BCUT2D eigenvalue weighted by molar-refractivity contribution is 5.85. The summed E-state index contributed by atoms with van der Waals surface area (Å²) in [4.78, 5) is 0. The molecule has 4 aromatic rings. The van der Waals surface area contributed by atoms with Crippen LogP contribution in [0.1, 0.15) is 36.1 Å². The van der Waals surface area contributed by atoms with Crippen molar-refractivity contribution in [1.29, 1.82) is 0 Å². The van der Waals surface area contributed by atoms with Gasteiger partial charge in [-0.25, -0.2) is 0 Å². The Hall–Kier alpha value is -3.12. The van der Waals surface area contributed by atoms with Crippen LogP contribution < -0.4 is 0 Å². The second-order valence-electron chi connectivity index (χ2n) is 8.64. The third kappa shape index (κ3) is 2.06. The molecule has 0 heteroatoms. The van der Waals surface area contributed by atoms with Crippen LogP contribution in [0.25, 0.3) is 33.4 Å². The highest BCUT2D eigenvalue weighted by Crippen LogP contribution is 2.49. The van der Waals surface area contributed by atoms with E-state index < -0.39 is 0 Å². The lowest BCUT2D eigenvalue weighted by molar-refractivity contribution is 0.660. The molecule has 0 spiro atoms.